The zero-order valence-corrected chi connectivity index (χ0v) is 10.5. The summed E-state index contributed by atoms with van der Waals surface area (Å²) in [6, 6.07) is 11.3. The summed E-state index contributed by atoms with van der Waals surface area (Å²) in [5.74, 6) is 2.08. The molecule has 0 amide bonds. The lowest BCUT2D eigenvalue weighted by Gasteiger charge is -2.36. The molecule has 0 unspecified atom stereocenters. The van der Waals surface area contributed by atoms with E-state index in [1.807, 2.05) is 6.92 Å². The first-order chi connectivity index (χ1) is 8.81. The van der Waals surface area contributed by atoms with E-state index in [-0.39, 0.29) is 0 Å². The van der Waals surface area contributed by atoms with Gasteiger partial charge in [0, 0.05) is 13.0 Å². The second-order valence-electron chi connectivity index (χ2n) is 4.89. The maximum absolute atomic E-state index is 4.94. The predicted octanol–water partition coefficient (Wildman–Crippen LogP) is 2.41. The van der Waals surface area contributed by atoms with Gasteiger partial charge >= 0.3 is 0 Å². The van der Waals surface area contributed by atoms with Crippen molar-refractivity contribution in [3.8, 4) is 0 Å². The van der Waals surface area contributed by atoms with Crippen molar-refractivity contribution in [3.05, 3.63) is 47.6 Å². The third-order valence-corrected chi connectivity index (χ3v) is 3.53. The molecule has 3 rings (SSSR count). The van der Waals surface area contributed by atoms with Crippen molar-refractivity contribution in [2.45, 2.75) is 38.3 Å². The fourth-order valence-electron chi connectivity index (χ4n) is 2.43. The molecular weight excluding hydrogens is 226 g/mol. The zero-order chi connectivity index (χ0) is 12.4. The molecule has 4 heteroatoms. The van der Waals surface area contributed by atoms with Gasteiger partial charge in [0.05, 0.1) is 6.54 Å². The van der Waals surface area contributed by atoms with Gasteiger partial charge in [-0.25, -0.2) is 0 Å². The molecule has 18 heavy (non-hydrogen) atoms. The van der Waals surface area contributed by atoms with Crippen molar-refractivity contribution in [1.29, 1.82) is 0 Å². The Morgan fingerprint density at radius 3 is 2.72 bits per heavy atom. The molecule has 2 aromatic rings. The summed E-state index contributed by atoms with van der Waals surface area (Å²) < 4.78 is 4.94. The highest BCUT2D eigenvalue weighted by Gasteiger charge is 2.29. The highest BCUT2D eigenvalue weighted by Crippen LogP contribution is 2.36. The van der Waals surface area contributed by atoms with Crippen molar-refractivity contribution in [2.24, 2.45) is 0 Å². The summed E-state index contributed by atoms with van der Waals surface area (Å²) in [6.07, 6.45) is 2.39. The molecule has 1 heterocycles. The third kappa shape index (κ3) is 2.43. The summed E-state index contributed by atoms with van der Waals surface area (Å²) in [5, 5.41) is 7.34. The maximum Gasteiger partial charge on any atom is 0.223 e. The number of hydrogen-bond acceptors (Lipinski definition) is 4. The maximum atomic E-state index is 4.94. The van der Waals surface area contributed by atoms with E-state index in [9.17, 15) is 0 Å². The van der Waals surface area contributed by atoms with Crippen LogP contribution in [-0.4, -0.2) is 16.2 Å². The van der Waals surface area contributed by atoms with Gasteiger partial charge in [-0.1, -0.05) is 35.5 Å². The molecule has 0 atom stereocenters. The summed E-state index contributed by atoms with van der Waals surface area (Å²) in [7, 11) is 0. The predicted molar refractivity (Wildman–Crippen MR) is 68.1 cm³/mol. The van der Waals surface area contributed by atoms with Crippen LogP contribution in [0.1, 0.15) is 36.0 Å². The van der Waals surface area contributed by atoms with Gasteiger partial charge in [-0.05, 0) is 24.3 Å². The summed E-state index contributed by atoms with van der Waals surface area (Å²) in [6.45, 7) is 2.51. The molecule has 1 aliphatic rings. The van der Waals surface area contributed by atoms with Crippen molar-refractivity contribution in [2.75, 3.05) is 0 Å². The number of aromatic nitrogens is 2. The first-order valence-corrected chi connectivity index (χ1v) is 6.39. The molecule has 1 aromatic carbocycles. The first kappa shape index (κ1) is 11.4. The largest absolute Gasteiger partial charge is 0.340 e. The molecule has 1 aromatic heterocycles. The van der Waals surface area contributed by atoms with Crippen LogP contribution in [0, 0.1) is 6.92 Å². The average Bonchev–Trinajstić information content (AvgIpc) is 2.74. The average molecular weight is 243 g/mol. The number of nitrogens with one attached hydrogen (secondary N) is 1. The minimum atomic E-state index is 0.578. The summed E-state index contributed by atoms with van der Waals surface area (Å²) in [5.41, 5.74) is 1.45. The Hall–Kier alpha value is -1.68. The Morgan fingerprint density at radius 2 is 2.06 bits per heavy atom. The lowest BCUT2D eigenvalue weighted by Crippen LogP contribution is -2.39. The highest BCUT2D eigenvalue weighted by atomic mass is 16.5. The molecule has 1 aliphatic carbocycles. The van der Waals surface area contributed by atoms with Gasteiger partial charge in [-0.2, -0.15) is 4.98 Å². The van der Waals surface area contributed by atoms with Crippen molar-refractivity contribution < 1.29 is 4.52 Å². The van der Waals surface area contributed by atoms with E-state index in [1.165, 1.54) is 18.4 Å². The monoisotopic (exact) mass is 243 g/mol. The summed E-state index contributed by atoms with van der Waals surface area (Å²) in [4.78, 5) is 4.18. The lowest BCUT2D eigenvalue weighted by molar-refractivity contribution is 0.285. The van der Waals surface area contributed by atoms with E-state index in [2.05, 4.69) is 45.8 Å². The number of hydrogen-bond donors (Lipinski definition) is 1. The van der Waals surface area contributed by atoms with Gasteiger partial charge < -0.3 is 9.84 Å². The molecule has 0 aliphatic heterocycles. The first-order valence-electron chi connectivity index (χ1n) is 6.39. The SMILES string of the molecule is Cc1nc(CNC2CC(c3ccccc3)C2)no1. The lowest BCUT2D eigenvalue weighted by atomic mass is 9.76. The van der Waals surface area contributed by atoms with E-state index >= 15 is 0 Å². The van der Waals surface area contributed by atoms with Gasteiger partial charge in [0.25, 0.3) is 0 Å². The van der Waals surface area contributed by atoms with E-state index in [1.54, 1.807) is 0 Å². The second-order valence-corrected chi connectivity index (χ2v) is 4.89. The zero-order valence-electron chi connectivity index (χ0n) is 10.5. The van der Waals surface area contributed by atoms with Crippen LogP contribution < -0.4 is 5.32 Å². The molecule has 1 N–H and O–H groups in total. The van der Waals surface area contributed by atoms with Gasteiger partial charge in [0.15, 0.2) is 5.82 Å². The van der Waals surface area contributed by atoms with Crippen LogP contribution in [0.2, 0.25) is 0 Å². The van der Waals surface area contributed by atoms with Crippen molar-refractivity contribution in [1.82, 2.24) is 15.5 Å². The Kier molecular flexibility index (Phi) is 3.11. The molecule has 0 spiro atoms. The van der Waals surface area contributed by atoms with Crippen LogP contribution in [0.15, 0.2) is 34.9 Å². The van der Waals surface area contributed by atoms with Crippen LogP contribution in [0.25, 0.3) is 0 Å². The van der Waals surface area contributed by atoms with Gasteiger partial charge in [0.1, 0.15) is 0 Å². The fraction of sp³-hybridized carbons (Fsp3) is 0.429. The molecule has 0 bridgehead atoms. The van der Waals surface area contributed by atoms with E-state index in [0.29, 0.717) is 24.4 Å². The second kappa shape index (κ2) is 4.90. The molecule has 1 fully saturated rings. The van der Waals surface area contributed by atoms with E-state index in [0.717, 1.165) is 5.82 Å². The van der Waals surface area contributed by atoms with E-state index < -0.39 is 0 Å². The molecule has 0 radical (unpaired) electrons. The Bertz CT molecular complexity index is 503. The van der Waals surface area contributed by atoms with Gasteiger partial charge in [0.2, 0.25) is 5.89 Å². The van der Waals surface area contributed by atoms with Crippen LogP contribution in [-0.2, 0) is 6.54 Å². The van der Waals surface area contributed by atoms with Crippen molar-refractivity contribution >= 4 is 0 Å². The number of rotatable bonds is 4. The molecule has 4 nitrogen and oxygen atoms in total. The number of benzene rings is 1. The Labute approximate surface area is 106 Å². The Balaban J connectivity index is 1.46. The normalized spacial score (nSPS) is 22.7. The van der Waals surface area contributed by atoms with Crippen LogP contribution in [0.4, 0.5) is 0 Å². The third-order valence-electron chi connectivity index (χ3n) is 3.53. The molecule has 1 saturated carbocycles. The Morgan fingerprint density at radius 1 is 1.28 bits per heavy atom. The summed E-state index contributed by atoms with van der Waals surface area (Å²) >= 11 is 0. The van der Waals surface area contributed by atoms with Crippen LogP contribution >= 0.6 is 0 Å². The topological polar surface area (TPSA) is 51.0 Å². The minimum Gasteiger partial charge on any atom is -0.340 e. The quantitative estimate of drug-likeness (QED) is 0.896. The van der Waals surface area contributed by atoms with Crippen LogP contribution in [0.5, 0.6) is 0 Å². The highest BCUT2D eigenvalue weighted by molar-refractivity contribution is 5.22. The van der Waals surface area contributed by atoms with Gasteiger partial charge in [-0.15, -0.1) is 0 Å². The smallest absolute Gasteiger partial charge is 0.223 e. The number of nitrogens with zero attached hydrogens (tertiary/aromatic N) is 2. The molecular formula is C14H17N3O. The van der Waals surface area contributed by atoms with Crippen molar-refractivity contribution in [3.63, 3.8) is 0 Å². The standard InChI is InChI=1S/C14H17N3O/c1-10-16-14(17-18-10)9-15-13-7-12(8-13)11-5-3-2-4-6-11/h2-6,12-13,15H,7-9H2,1H3. The van der Waals surface area contributed by atoms with Gasteiger partial charge in [-0.3, -0.25) is 0 Å². The minimum absolute atomic E-state index is 0.578. The number of aryl methyl sites for hydroxylation is 1. The fourth-order valence-corrected chi connectivity index (χ4v) is 2.43. The molecule has 94 valence electrons. The van der Waals surface area contributed by atoms with E-state index in [4.69, 9.17) is 4.52 Å². The van der Waals surface area contributed by atoms with Crippen LogP contribution in [0.3, 0.4) is 0 Å². The molecule has 0 saturated heterocycles.